The number of hydrogen-bond donors (Lipinski definition) is 1. The van der Waals surface area contributed by atoms with Crippen molar-refractivity contribution >= 4 is 5.91 Å². The first-order valence-electron chi connectivity index (χ1n) is 7.00. The molecular weight excluding hydrogens is 290 g/mol. The average molecular weight is 306 g/mol. The molecular formula is C15H16F2N4O. The number of aromatic nitrogens is 2. The molecule has 1 fully saturated rings. The minimum Gasteiger partial charge on any atom is -0.347 e. The summed E-state index contributed by atoms with van der Waals surface area (Å²) in [5.74, 6) is -1.49. The molecule has 0 bridgehead atoms. The van der Waals surface area contributed by atoms with Crippen LogP contribution in [0.5, 0.6) is 0 Å². The number of likely N-dealkylation sites (N-methyl/N-ethyl adjacent to an activating group) is 1. The lowest BCUT2D eigenvalue weighted by Gasteiger charge is -2.38. The fourth-order valence-electron chi connectivity index (χ4n) is 2.62. The Kier molecular flexibility index (Phi) is 3.89. The second-order valence-corrected chi connectivity index (χ2v) is 5.35. The molecule has 1 saturated heterocycles. The molecule has 22 heavy (non-hydrogen) atoms. The molecule has 0 unspecified atom stereocenters. The Bertz CT molecular complexity index is 674. The van der Waals surface area contributed by atoms with Crippen LogP contribution in [0.25, 0.3) is 0 Å². The number of nitrogens with one attached hydrogen (secondary N) is 1. The fourth-order valence-corrected chi connectivity index (χ4v) is 2.62. The van der Waals surface area contributed by atoms with Crippen molar-refractivity contribution in [3.05, 3.63) is 53.6 Å². The average Bonchev–Trinajstić information content (AvgIpc) is 3.04. The van der Waals surface area contributed by atoms with Crippen LogP contribution in [0.1, 0.15) is 22.2 Å². The van der Waals surface area contributed by atoms with Crippen LogP contribution in [0.4, 0.5) is 8.78 Å². The molecule has 0 saturated carbocycles. The Balaban J connectivity index is 1.79. The van der Waals surface area contributed by atoms with Gasteiger partial charge in [0.05, 0.1) is 6.04 Å². The number of rotatable bonds is 2. The molecule has 1 N–H and O–H groups in total. The second kappa shape index (κ2) is 5.84. The van der Waals surface area contributed by atoms with Crippen molar-refractivity contribution in [1.82, 2.24) is 19.8 Å². The minimum atomic E-state index is -1.01. The molecule has 7 heteroatoms. The zero-order valence-corrected chi connectivity index (χ0v) is 12.1. The summed E-state index contributed by atoms with van der Waals surface area (Å²) in [6.07, 6.45) is 3.40. The van der Waals surface area contributed by atoms with E-state index in [0.29, 0.717) is 19.6 Å². The Labute approximate surface area is 126 Å². The zero-order valence-electron chi connectivity index (χ0n) is 12.1. The summed E-state index contributed by atoms with van der Waals surface area (Å²) in [5, 5.41) is 0. The van der Waals surface area contributed by atoms with Crippen molar-refractivity contribution in [3.63, 3.8) is 0 Å². The van der Waals surface area contributed by atoms with E-state index >= 15 is 0 Å². The van der Waals surface area contributed by atoms with Gasteiger partial charge in [-0.15, -0.1) is 0 Å². The van der Waals surface area contributed by atoms with Crippen LogP contribution in [-0.2, 0) is 0 Å². The van der Waals surface area contributed by atoms with E-state index in [2.05, 4.69) is 14.9 Å². The van der Waals surface area contributed by atoms with Crippen molar-refractivity contribution in [2.75, 3.05) is 26.7 Å². The number of H-pyrrole nitrogens is 1. The molecule has 3 rings (SSSR count). The number of benzene rings is 1. The third-order valence-electron chi connectivity index (χ3n) is 3.94. The molecule has 1 aliphatic rings. The van der Waals surface area contributed by atoms with Gasteiger partial charge in [0.1, 0.15) is 5.82 Å². The number of nitrogens with zero attached hydrogens (tertiary/aromatic N) is 3. The van der Waals surface area contributed by atoms with Gasteiger partial charge in [0.25, 0.3) is 5.91 Å². The standard InChI is InChI=1S/C15H16F2N4O/c1-20-6-7-21(9-13(20)14-18-4-5-19-14)15(22)10-2-3-11(16)12(17)8-10/h2-5,8,13H,6-7,9H2,1H3,(H,18,19)/t13-/m1/s1. The molecule has 1 aromatic carbocycles. The third-order valence-corrected chi connectivity index (χ3v) is 3.94. The molecule has 2 aromatic rings. The third kappa shape index (κ3) is 2.71. The number of carbonyl (C=O) groups excluding carboxylic acids is 1. The number of amides is 1. The smallest absolute Gasteiger partial charge is 0.254 e. The Hall–Kier alpha value is -2.28. The minimum absolute atomic E-state index is 0.0435. The summed E-state index contributed by atoms with van der Waals surface area (Å²) in [4.78, 5) is 23.5. The summed E-state index contributed by atoms with van der Waals surface area (Å²) >= 11 is 0. The van der Waals surface area contributed by atoms with Crippen molar-refractivity contribution in [2.24, 2.45) is 0 Å². The number of aromatic amines is 1. The monoisotopic (exact) mass is 306 g/mol. The van der Waals surface area contributed by atoms with Gasteiger partial charge >= 0.3 is 0 Å². The van der Waals surface area contributed by atoms with E-state index in [-0.39, 0.29) is 17.5 Å². The Morgan fingerprint density at radius 3 is 2.82 bits per heavy atom. The SMILES string of the molecule is CN1CCN(C(=O)c2ccc(F)c(F)c2)C[C@@H]1c1ncc[nH]1. The van der Waals surface area contributed by atoms with Gasteiger partial charge in [-0.05, 0) is 25.2 Å². The Morgan fingerprint density at radius 2 is 2.14 bits per heavy atom. The van der Waals surface area contributed by atoms with Crippen molar-refractivity contribution < 1.29 is 13.6 Å². The number of piperazine rings is 1. The van der Waals surface area contributed by atoms with Crippen LogP contribution in [0, 0.1) is 11.6 Å². The molecule has 0 radical (unpaired) electrons. The number of carbonyl (C=O) groups is 1. The first-order valence-corrected chi connectivity index (χ1v) is 7.00. The normalized spacial score (nSPS) is 19.4. The number of imidazole rings is 1. The van der Waals surface area contributed by atoms with Crippen LogP contribution >= 0.6 is 0 Å². The second-order valence-electron chi connectivity index (χ2n) is 5.35. The highest BCUT2D eigenvalue weighted by molar-refractivity contribution is 5.94. The molecule has 1 aliphatic heterocycles. The molecule has 0 spiro atoms. The lowest BCUT2D eigenvalue weighted by Crippen LogP contribution is -2.49. The largest absolute Gasteiger partial charge is 0.347 e. The number of hydrogen-bond acceptors (Lipinski definition) is 3. The molecule has 2 heterocycles. The fraction of sp³-hybridized carbons (Fsp3) is 0.333. The topological polar surface area (TPSA) is 52.2 Å². The van der Waals surface area contributed by atoms with Crippen LogP contribution in [0.15, 0.2) is 30.6 Å². The highest BCUT2D eigenvalue weighted by atomic mass is 19.2. The van der Waals surface area contributed by atoms with Crippen molar-refractivity contribution in [3.8, 4) is 0 Å². The quantitative estimate of drug-likeness (QED) is 0.921. The Morgan fingerprint density at radius 1 is 1.32 bits per heavy atom. The predicted molar refractivity (Wildman–Crippen MR) is 76.2 cm³/mol. The van der Waals surface area contributed by atoms with E-state index < -0.39 is 11.6 Å². The maximum Gasteiger partial charge on any atom is 0.254 e. The van der Waals surface area contributed by atoms with Gasteiger partial charge in [-0.2, -0.15) is 0 Å². The molecule has 1 amide bonds. The van der Waals surface area contributed by atoms with Gasteiger partial charge in [0.15, 0.2) is 11.6 Å². The van der Waals surface area contributed by atoms with Crippen LogP contribution < -0.4 is 0 Å². The van der Waals surface area contributed by atoms with Crippen molar-refractivity contribution in [1.29, 1.82) is 0 Å². The first-order chi connectivity index (χ1) is 10.6. The highest BCUT2D eigenvalue weighted by Crippen LogP contribution is 2.22. The number of halogens is 2. The van der Waals surface area contributed by atoms with Gasteiger partial charge in [-0.1, -0.05) is 0 Å². The van der Waals surface area contributed by atoms with Gasteiger partial charge in [0, 0.05) is 37.6 Å². The van der Waals surface area contributed by atoms with Gasteiger partial charge < -0.3 is 9.88 Å². The van der Waals surface area contributed by atoms with E-state index in [1.54, 1.807) is 17.3 Å². The first kappa shape index (κ1) is 14.6. The lowest BCUT2D eigenvalue weighted by molar-refractivity contribution is 0.0534. The van der Waals surface area contributed by atoms with Gasteiger partial charge in [-0.3, -0.25) is 9.69 Å². The van der Waals surface area contributed by atoms with E-state index in [9.17, 15) is 13.6 Å². The molecule has 1 aromatic heterocycles. The van der Waals surface area contributed by atoms with Crippen LogP contribution in [0.2, 0.25) is 0 Å². The van der Waals surface area contributed by atoms with Gasteiger partial charge in [-0.25, -0.2) is 13.8 Å². The molecule has 1 atom stereocenters. The summed E-state index contributed by atoms with van der Waals surface area (Å²) in [6.45, 7) is 1.66. The van der Waals surface area contributed by atoms with Crippen LogP contribution in [0.3, 0.4) is 0 Å². The summed E-state index contributed by atoms with van der Waals surface area (Å²) in [6, 6.07) is 3.18. The molecule has 116 valence electrons. The maximum absolute atomic E-state index is 13.3. The van der Waals surface area contributed by atoms with E-state index in [1.165, 1.54) is 6.07 Å². The van der Waals surface area contributed by atoms with E-state index in [1.807, 2.05) is 7.05 Å². The van der Waals surface area contributed by atoms with E-state index in [4.69, 9.17) is 0 Å². The van der Waals surface area contributed by atoms with Gasteiger partial charge in [0.2, 0.25) is 0 Å². The summed E-state index contributed by atoms with van der Waals surface area (Å²) in [7, 11) is 1.96. The zero-order chi connectivity index (χ0) is 15.7. The summed E-state index contributed by atoms with van der Waals surface area (Å²) < 4.78 is 26.3. The maximum atomic E-state index is 13.3. The highest BCUT2D eigenvalue weighted by Gasteiger charge is 2.30. The predicted octanol–water partition coefficient (Wildman–Crippen LogP) is 1.82. The molecule has 0 aliphatic carbocycles. The lowest BCUT2D eigenvalue weighted by atomic mass is 10.1. The van der Waals surface area contributed by atoms with Crippen LogP contribution in [-0.4, -0.2) is 52.4 Å². The van der Waals surface area contributed by atoms with Crippen molar-refractivity contribution in [2.45, 2.75) is 6.04 Å². The summed E-state index contributed by atoms with van der Waals surface area (Å²) in [5.41, 5.74) is 0.154. The molecule has 5 nitrogen and oxygen atoms in total. The van der Waals surface area contributed by atoms with E-state index in [0.717, 1.165) is 18.0 Å².